The molecule has 0 fully saturated rings. The van der Waals surface area contributed by atoms with Crippen LogP contribution in [0.3, 0.4) is 0 Å². The number of benzene rings is 3. The summed E-state index contributed by atoms with van der Waals surface area (Å²) in [6.45, 7) is 4.16. The smallest absolute Gasteiger partial charge is 0.224 e. The van der Waals surface area contributed by atoms with Gasteiger partial charge in [-0.2, -0.15) is 0 Å². The summed E-state index contributed by atoms with van der Waals surface area (Å²) < 4.78 is 11.4. The molecule has 1 amide bonds. The van der Waals surface area contributed by atoms with Gasteiger partial charge >= 0.3 is 0 Å². The van der Waals surface area contributed by atoms with E-state index in [4.69, 9.17) is 9.47 Å². The summed E-state index contributed by atoms with van der Waals surface area (Å²) in [5.74, 6) is 1.39. The van der Waals surface area contributed by atoms with E-state index >= 15 is 0 Å². The monoisotopic (exact) mass is 496 g/mol. The number of fused-ring (bicyclic) bond motifs is 1. The highest BCUT2D eigenvalue weighted by Crippen LogP contribution is 2.49. The molecule has 2 aliphatic rings. The van der Waals surface area contributed by atoms with Crippen molar-refractivity contribution in [2.24, 2.45) is 0 Å². The van der Waals surface area contributed by atoms with Gasteiger partial charge in [0.1, 0.15) is 11.5 Å². The van der Waals surface area contributed by atoms with Crippen molar-refractivity contribution in [3.05, 3.63) is 95.2 Å². The Balaban J connectivity index is 1.68. The molecule has 0 saturated heterocycles. The van der Waals surface area contributed by atoms with Crippen LogP contribution in [0.15, 0.2) is 84.1 Å². The second-order valence-corrected chi connectivity index (χ2v) is 9.51. The van der Waals surface area contributed by atoms with E-state index in [9.17, 15) is 9.59 Å². The van der Waals surface area contributed by atoms with E-state index in [1.807, 2.05) is 72.8 Å². The second-order valence-electron chi connectivity index (χ2n) is 9.51. The fourth-order valence-corrected chi connectivity index (χ4v) is 5.39. The third kappa shape index (κ3) is 4.71. The summed E-state index contributed by atoms with van der Waals surface area (Å²) in [6.07, 6.45) is 1.88. The zero-order valence-electron chi connectivity index (χ0n) is 21.5. The van der Waals surface area contributed by atoms with Crippen molar-refractivity contribution >= 4 is 23.1 Å². The number of hydrogen-bond acceptors (Lipinski definition) is 5. The normalized spacial score (nSPS) is 18.9. The molecule has 0 unspecified atom stereocenters. The molecule has 1 N–H and O–H groups in total. The van der Waals surface area contributed by atoms with Crippen molar-refractivity contribution in [2.45, 2.75) is 45.1 Å². The van der Waals surface area contributed by atoms with Gasteiger partial charge in [-0.25, -0.2) is 0 Å². The Kier molecular flexibility index (Phi) is 6.99. The van der Waals surface area contributed by atoms with Gasteiger partial charge in [-0.15, -0.1) is 0 Å². The second kappa shape index (κ2) is 10.5. The Hall–Kier alpha value is -4.06. The average Bonchev–Trinajstić information content (AvgIpc) is 3.06. The number of carbonyl (C=O) groups excluding carboxylic acids is 2. The molecule has 0 spiro atoms. The molecule has 0 bridgehead atoms. The number of para-hydroxylation sites is 3. The highest BCUT2D eigenvalue weighted by atomic mass is 16.5. The van der Waals surface area contributed by atoms with Crippen LogP contribution in [0.2, 0.25) is 0 Å². The number of nitrogens with one attached hydrogen (secondary N) is 1. The zero-order chi connectivity index (χ0) is 25.9. The van der Waals surface area contributed by atoms with Crippen molar-refractivity contribution in [3.8, 4) is 11.5 Å². The highest BCUT2D eigenvalue weighted by Gasteiger charge is 2.41. The molecule has 3 aromatic rings. The molecule has 6 heteroatoms. The van der Waals surface area contributed by atoms with Gasteiger partial charge in [-0.1, -0.05) is 49.4 Å². The number of allylic oxidation sites excluding steroid dienone is 1. The maximum absolute atomic E-state index is 14.0. The molecule has 1 heterocycles. The average molecular weight is 497 g/mol. The summed E-state index contributed by atoms with van der Waals surface area (Å²) in [6, 6.07) is 22.8. The van der Waals surface area contributed by atoms with Crippen LogP contribution in [0.1, 0.15) is 56.2 Å². The Morgan fingerprint density at radius 1 is 1.00 bits per heavy atom. The Labute approximate surface area is 217 Å². The minimum atomic E-state index is -0.596. The molecule has 37 heavy (non-hydrogen) atoms. The number of ketones is 1. The van der Waals surface area contributed by atoms with Crippen LogP contribution >= 0.6 is 0 Å². The third-order valence-electron chi connectivity index (χ3n) is 7.09. The van der Waals surface area contributed by atoms with E-state index in [1.165, 1.54) is 0 Å². The maximum atomic E-state index is 14.0. The Bertz CT molecular complexity index is 1350. The predicted molar refractivity (Wildman–Crippen MR) is 145 cm³/mol. The van der Waals surface area contributed by atoms with E-state index in [2.05, 4.69) is 12.2 Å². The largest absolute Gasteiger partial charge is 0.497 e. The van der Waals surface area contributed by atoms with E-state index in [0.717, 1.165) is 40.4 Å². The molecule has 1 aliphatic carbocycles. The van der Waals surface area contributed by atoms with Gasteiger partial charge < -0.3 is 14.8 Å². The van der Waals surface area contributed by atoms with Crippen LogP contribution in [-0.2, 0) is 9.59 Å². The first-order chi connectivity index (χ1) is 18.0. The molecule has 0 saturated carbocycles. The number of ether oxygens (including phenoxy) is 2. The molecule has 3 aromatic carbocycles. The third-order valence-corrected chi connectivity index (χ3v) is 7.09. The topological polar surface area (TPSA) is 67.9 Å². The van der Waals surface area contributed by atoms with Crippen LogP contribution in [-0.4, -0.2) is 25.4 Å². The molecular weight excluding hydrogens is 464 g/mol. The van der Waals surface area contributed by atoms with Crippen LogP contribution in [0.5, 0.6) is 11.5 Å². The fraction of sp³-hybridized carbons (Fsp3) is 0.290. The van der Waals surface area contributed by atoms with Gasteiger partial charge in [0.2, 0.25) is 5.91 Å². The summed E-state index contributed by atoms with van der Waals surface area (Å²) in [7, 11) is 1.64. The van der Waals surface area contributed by atoms with Crippen molar-refractivity contribution in [1.29, 1.82) is 0 Å². The van der Waals surface area contributed by atoms with Crippen LogP contribution in [0.25, 0.3) is 0 Å². The number of amides is 1. The molecule has 6 nitrogen and oxygen atoms in total. The van der Waals surface area contributed by atoms with Crippen molar-refractivity contribution in [1.82, 2.24) is 0 Å². The Morgan fingerprint density at radius 2 is 1.73 bits per heavy atom. The number of methoxy groups -OCH3 is 1. The first-order valence-electron chi connectivity index (χ1n) is 12.8. The summed E-state index contributed by atoms with van der Waals surface area (Å²) in [5, 5.41) is 3.56. The van der Waals surface area contributed by atoms with Gasteiger partial charge in [-0.05, 0) is 54.7 Å². The number of anilines is 2. The SMILES string of the molecule is CCCOc1ccccc1[C@H]1C2=C(C[C@@H](c3ccc(OC)cc3)CC2=O)Nc2ccccc2N1C(C)=O. The van der Waals surface area contributed by atoms with Crippen LogP contribution in [0, 0.1) is 0 Å². The minimum Gasteiger partial charge on any atom is -0.497 e. The van der Waals surface area contributed by atoms with E-state index < -0.39 is 6.04 Å². The van der Waals surface area contributed by atoms with Gasteiger partial charge in [0.05, 0.1) is 31.1 Å². The van der Waals surface area contributed by atoms with Gasteiger partial charge in [-0.3, -0.25) is 14.5 Å². The number of Topliss-reactive ketones (excluding diaryl/α,β-unsaturated/α-hetero) is 1. The maximum Gasteiger partial charge on any atom is 0.224 e. The Morgan fingerprint density at radius 3 is 2.46 bits per heavy atom. The number of hydrogen-bond donors (Lipinski definition) is 1. The number of nitrogens with zero attached hydrogens (tertiary/aromatic N) is 1. The molecule has 1 aliphatic heterocycles. The molecule has 5 rings (SSSR count). The standard InChI is InChI=1S/C31H32N2O4/c1-4-17-37-29-12-8-5-9-24(29)31-30-26(32-25-10-6-7-11-27(25)33(31)20(2)34)18-22(19-28(30)35)21-13-15-23(36-3)16-14-21/h5-16,22,31-32H,4,17-19H2,1-3H3/t22-,31+/m1/s1. The lowest BCUT2D eigenvalue weighted by atomic mass is 9.78. The van der Waals surface area contributed by atoms with Gasteiger partial charge in [0.15, 0.2) is 5.78 Å². The molecule has 0 radical (unpaired) electrons. The first kappa shape index (κ1) is 24.6. The summed E-state index contributed by atoms with van der Waals surface area (Å²) in [4.78, 5) is 29.0. The summed E-state index contributed by atoms with van der Waals surface area (Å²) in [5.41, 5.74) is 4.93. The van der Waals surface area contributed by atoms with Gasteiger partial charge in [0.25, 0.3) is 0 Å². The molecular formula is C31H32N2O4. The molecule has 2 atom stereocenters. The van der Waals surface area contributed by atoms with Crippen molar-refractivity contribution < 1.29 is 19.1 Å². The first-order valence-corrected chi connectivity index (χ1v) is 12.8. The van der Waals surface area contributed by atoms with Gasteiger partial charge in [0, 0.05) is 30.2 Å². The van der Waals surface area contributed by atoms with E-state index in [0.29, 0.717) is 30.8 Å². The van der Waals surface area contributed by atoms with Crippen LogP contribution < -0.4 is 19.7 Å². The zero-order valence-corrected chi connectivity index (χ0v) is 21.5. The lowest BCUT2D eigenvalue weighted by Crippen LogP contribution is -2.37. The molecule has 0 aromatic heterocycles. The van der Waals surface area contributed by atoms with E-state index in [1.54, 1.807) is 18.9 Å². The lowest BCUT2D eigenvalue weighted by Gasteiger charge is -2.35. The highest BCUT2D eigenvalue weighted by molar-refractivity contribution is 6.06. The van der Waals surface area contributed by atoms with E-state index in [-0.39, 0.29) is 17.6 Å². The van der Waals surface area contributed by atoms with Crippen molar-refractivity contribution in [2.75, 3.05) is 23.9 Å². The quantitative estimate of drug-likeness (QED) is 0.427. The molecule has 190 valence electrons. The number of rotatable bonds is 6. The minimum absolute atomic E-state index is 0.0212. The predicted octanol–water partition coefficient (Wildman–Crippen LogP) is 6.40. The van der Waals surface area contributed by atoms with Crippen molar-refractivity contribution in [3.63, 3.8) is 0 Å². The summed E-state index contributed by atoms with van der Waals surface area (Å²) >= 11 is 0. The number of carbonyl (C=O) groups is 2. The van der Waals surface area contributed by atoms with Crippen LogP contribution in [0.4, 0.5) is 11.4 Å². The fourth-order valence-electron chi connectivity index (χ4n) is 5.39. The lowest BCUT2D eigenvalue weighted by molar-refractivity contribution is -0.117.